The van der Waals surface area contributed by atoms with E-state index in [2.05, 4.69) is 146 Å². The Morgan fingerprint density at radius 1 is 0.456 bits per heavy atom. The first-order valence-corrected chi connectivity index (χ1v) is 44.5. The Kier molecular flexibility index (Phi) is 29.6. The Labute approximate surface area is 736 Å². The normalized spacial score (nSPS) is 21.7. The molecule has 668 valence electrons. The van der Waals surface area contributed by atoms with Gasteiger partial charge in [-0.15, -0.1) is 0 Å². The highest BCUT2D eigenvalue weighted by molar-refractivity contribution is 6.35. The van der Waals surface area contributed by atoms with Crippen LogP contribution in [-0.2, 0) is 22.6 Å². The minimum absolute atomic E-state index is 0.00660. The monoisotopic (exact) mass is 1730 g/mol. The molecule has 1 unspecified atom stereocenters. The van der Waals surface area contributed by atoms with Crippen molar-refractivity contribution in [3.8, 4) is 40.3 Å². The van der Waals surface area contributed by atoms with Crippen molar-refractivity contribution < 1.29 is 37.4 Å². The van der Waals surface area contributed by atoms with Crippen LogP contribution in [0.4, 0.5) is 41.6 Å². The summed E-state index contributed by atoms with van der Waals surface area (Å²) in [5.41, 5.74) is 0.0580. The van der Waals surface area contributed by atoms with E-state index in [0.717, 1.165) is 125 Å². The molecule has 0 spiro atoms. The fraction of sp³-hybridized carbons (Fsp3) is 0.556. The number of benzene rings is 2. The van der Waals surface area contributed by atoms with Crippen molar-refractivity contribution in [3.05, 3.63) is 148 Å². The average Bonchev–Trinajstić information content (AvgIpc) is 1.61. The molecular formula is C90H121ClF2N26O6. The summed E-state index contributed by atoms with van der Waals surface area (Å²) in [6.07, 6.45) is 15.8. The highest BCUT2D eigenvalue weighted by atomic mass is 35.5. The van der Waals surface area contributed by atoms with Crippen LogP contribution in [-0.4, -0.2) is 344 Å². The molecular weight excluding hydrogens is 1610 g/mol. The number of aromatic amines is 3. The van der Waals surface area contributed by atoms with Crippen LogP contribution in [0.1, 0.15) is 136 Å². The van der Waals surface area contributed by atoms with E-state index in [4.69, 9.17) is 26.2 Å². The van der Waals surface area contributed by atoms with Gasteiger partial charge in [0.25, 0.3) is 11.8 Å². The number of amides is 4. The topological polar surface area (TPSA) is 309 Å². The van der Waals surface area contributed by atoms with Crippen molar-refractivity contribution in [1.29, 1.82) is 10.5 Å². The highest BCUT2D eigenvalue weighted by Crippen LogP contribution is 2.38. The number of aromatic nitrogens is 10. The number of likely N-dealkylation sites (N-methyl/N-ethyl adjacent to an activating group) is 4. The van der Waals surface area contributed by atoms with Crippen molar-refractivity contribution in [2.45, 2.75) is 141 Å². The van der Waals surface area contributed by atoms with Gasteiger partial charge in [-0.05, 0) is 157 Å². The largest absolute Gasteiger partial charge is 0.443 e. The van der Waals surface area contributed by atoms with Crippen LogP contribution in [0.2, 0.25) is 5.02 Å². The van der Waals surface area contributed by atoms with Gasteiger partial charge < -0.3 is 48.7 Å². The van der Waals surface area contributed by atoms with Crippen molar-refractivity contribution >= 4 is 58.9 Å². The molecule has 0 saturated carbocycles. The highest BCUT2D eigenvalue weighted by Gasteiger charge is 2.42. The van der Waals surface area contributed by atoms with E-state index < -0.39 is 46.8 Å². The van der Waals surface area contributed by atoms with Crippen LogP contribution in [0.3, 0.4) is 0 Å². The number of hydrogen-bond donors (Lipinski definition) is 3. The number of nitrogens with one attached hydrogen (secondary N) is 3. The van der Waals surface area contributed by atoms with Gasteiger partial charge in [-0.25, -0.2) is 42.8 Å². The summed E-state index contributed by atoms with van der Waals surface area (Å²) in [7, 11) is 8.81. The molecule has 125 heavy (non-hydrogen) atoms. The first-order chi connectivity index (χ1) is 60.1. The second kappa shape index (κ2) is 40.8. The van der Waals surface area contributed by atoms with E-state index in [1.165, 1.54) is 177 Å². The zero-order chi connectivity index (χ0) is 88.2. The number of H-pyrrole nitrogens is 3. The molecule has 2 aromatic carbocycles. The summed E-state index contributed by atoms with van der Waals surface area (Å²) >= 11 is 6.23. The van der Waals surface area contributed by atoms with Gasteiger partial charge in [-0.1, -0.05) is 23.7 Å². The zero-order valence-electron chi connectivity index (χ0n) is 74.0. The predicted molar refractivity (Wildman–Crippen MR) is 476 cm³/mol. The maximum absolute atomic E-state index is 15.2. The van der Waals surface area contributed by atoms with E-state index in [1.807, 2.05) is 36.8 Å². The lowest BCUT2D eigenvalue weighted by Gasteiger charge is -2.42. The number of halogens is 3. The summed E-state index contributed by atoms with van der Waals surface area (Å²) in [4.78, 5) is 92.1. The Morgan fingerprint density at radius 3 is 1.15 bits per heavy atom. The number of carbonyl (C=O) groups excluding carboxylic acids is 4. The first-order valence-electron chi connectivity index (χ1n) is 44.1. The standard InChI is InChI=1S/C32H37FN8O3.C19H15ClFN3O3.3C13H23N5/c1-32(2,3)44-31(43)40-20-25-29(30(40)42)26(17-24(35-25)28-21(18-34)7-5-9-23(28)33)41-12-10-27(36-41)39-11-6-8-22(19-39)38-15-13-37(4)14-16-38;1-19(2,3)27-18(26)24-9-14-16(17(24)25)11(20)7-13(23-14)15-10(8-22)5-4-6-12(15)21;3*1-16-7-9-17(10-8-16)12-3-2-6-18(11-12)13-4-5-14-15-13/h5,7,9-10,12,17,22H,6,8,11,13-16,19-20H2,1-4H3;4-7H,9H2,1-3H3;3*4-5,12H,2-3,6-11H2,1H3,(H,14,15)/t22-;;2*12-;/m0.10./s1. The molecule has 8 fully saturated rings. The molecule has 6 aromatic heterocycles. The lowest BCUT2D eigenvalue weighted by Crippen LogP contribution is -2.54. The third-order valence-corrected chi connectivity index (χ3v) is 25.4. The number of nitrogens with zero attached hydrogens (tertiary/aromatic N) is 23. The number of anilines is 4. The number of piperidine rings is 4. The van der Waals surface area contributed by atoms with E-state index in [-0.39, 0.29) is 74.3 Å². The zero-order valence-corrected chi connectivity index (χ0v) is 74.7. The van der Waals surface area contributed by atoms with Crippen molar-refractivity contribution in [3.63, 3.8) is 0 Å². The predicted octanol–water partition coefficient (Wildman–Crippen LogP) is 10.2. The molecule has 8 aromatic rings. The number of nitriles is 2. The molecule has 0 aliphatic carbocycles. The van der Waals surface area contributed by atoms with Crippen molar-refractivity contribution in [1.82, 2.24) is 99.3 Å². The van der Waals surface area contributed by atoms with Gasteiger partial charge in [0.1, 0.15) is 40.3 Å². The van der Waals surface area contributed by atoms with Crippen molar-refractivity contribution in [2.75, 3.05) is 205 Å². The van der Waals surface area contributed by atoms with Gasteiger partial charge in [0, 0.05) is 212 Å². The number of rotatable bonds is 11. The third-order valence-electron chi connectivity index (χ3n) is 25.1. The fourth-order valence-electron chi connectivity index (χ4n) is 18.2. The SMILES string of the molecule is CC(C)(C)OC(=O)N1Cc2nc(-c3c(F)cccc3C#N)cc(Cl)c2C1=O.CN1CCN(C2CCCN(c3ccn[nH]3)C2)CC1.CN1CCN([C@@H]2CCCN(c3ccn[nH]3)C2)CC1.CN1CCN([C@H]2CCCN(c3ccn(-c4cc(-c5c(F)cccc5C#N)nc5c4C(=O)N(C(=O)OC(C)(C)C)C5)n3)C2)CC1.CN1CCN([C@H]2CCCN(c3ccn[nH]3)C2)CC1. The van der Waals surface area contributed by atoms with Crippen LogP contribution < -0.4 is 19.6 Å². The molecule has 16 heterocycles. The number of imide groups is 2. The summed E-state index contributed by atoms with van der Waals surface area (Å²) in [5.74, 6) is 1.86. The van der Waals surface area contributed by atoms with Gasteiger partial charge in [0.2, 0.25) is 0 Å². The Hall–Kier alpha value is -10.5. The summed E-state index contributed by atoms with van der Waals surface area (Å²) in [6.45, 7) is 37.4. The van der Waals surface area contributed by atoms with Crippen LogP contribution in [0.25, 0.3) is 28.2 Å². The van der Waals surface area contributed by atoms with E-state index in [1.54, 1.807) is 58.5 Å². The molecule has 4 atom stereocenters. The van der Waals surface area contributed by atoms with Crippen LogP contribution in [0.5, 0.6) is 0 Å². The lowest BCUT2D eigenvalue weighted by atomic mass is 10.0. The minimum Gasteiger partial charge on any atom is -0.443 e. The van der Waals surface area contributed by atoms with E-state index in [9.17, 15) is 34.1 Å². The van der Waals surface area contributed by atoms with Crippen LogP contribution in [0, 0.1) is 34.3 Å². The van der Waals surface area contributed by atoms with E-state index >= 15 is 4.39 Å². The molecule has 0 bridgehead atoms. The first kappa shape index (κ1) is 90.7. The number of fused-ring (bicyclic) bond motifs is 2. The van der Waals surface area contributed by atoms with E-state index in [0.29, 0.717) is 11.7 Å². The average molecular weight is 1740 g/mol. The van der Waals surface area contributed by atoms with Crippen molar-refractivity contribution in [2.24, 2.45) is 0 Å². The number of hydrogen-bond acceptors (Lipinski definition) is 26. The molecule has 18 rings (SSSR count). The molecule has 10 aliphatic heterocycles. The Bertz CT molecular complexity index is 4860. The van der Waals surface area contributed by atoms with Gasteiger partial charge in [-0.3, -0.25) is 44.5 Å². The fourth-order valence-corrected chi connectivity index (χ4v) is 18.5. The van der Waals surface area contributed by atoms with Gasteiger partial charge in [0.15, 0.2) is 5.82 Å². The molecule has 4 amide bonds. The molecule has 0 radical (unpaired) electrons. The molecule has 10 aliphatic rings. The Morgan fingerprint density at radius 2 is 0.800 bits per heavy atom. The molecule has 32 nitrogen and oxygen atoms in total. The molecule has 8 saturated heterocycles. The third kappa shape index (κ3) is 22.7. The number of ether oxygens (including phenoxy) is 2. The van der Waals surface area contributed by atoms with Crippen LogP contribution >= 0.6 is 11.6 Å². The summed E-state index contributed by atoms with van der Waals surface area (Å²) < 4.78 is 41.7. The van der Waals surface area contributed by atoms with Gasteiger partial charge >= 0.3 is 12.2 Å². The smallest absolute Gasteiger partial charge is 0.417 e. The number of carbonyl (C=O) groups is 4. The van der Waals surface area contributed by atoms with Gasteiger partial charge in [0.05, 0.1) is 111 Å². The molecule has 35 heteroatoms. The maximum Gasteiger partial charge on any atom is 0.417 e. The maximum atomic E-state index is 15.2. The number of piperazine rings is 4. The number of pyridine rings is 2. The Balaban J connectivity index is 0.000000134. The van der Waals surface area contributed by atoms with Gasteiger partial charge in [-0.2, -0.15) is 30.9 Å². The quantitative estimate of drug-likeness (QED) is 0.108. The summed E-state index contributed by atoms with van der Waals surface area (Å²) in [6, 6.07) is 25.9. The molecule has 3 N–H and O–H groups in total. The lowest BCUT2D eigenvalue weighted by molar-refractivity contribution is 0.0230. The second-order valence-corrected chi connectivity index (χ2v) is 36.6. The summed E-state index contributed by atoms with van der Waals surface area (Å²) in [5, 5.41) is 45.3. The minimum atomic E-state index is -0.813. The van der Waals surface area contributed by atoms with Crippen LogP contribution in [0.15, 0.2) is 97.6 Å². The second-order valence-electron chi connectivity index (χ2n) is 36.2.